The van der Waals surface area contributed by atoms with E-state index in [0.717, 1.165) is 13.0 Å². The van der Waals surface area contributed by atoms with E-state index in [9.17, 15) is 0 Å². The lowest BCUT2D eigenvalue weighted by Gasteiger charge is -2.22. The Morgan fingerprint density at radius 3 is 2.71 bits per heavy atom. The van der Waals surface area contributed by atoms with Gasteiger partial charge in [0, 0.05) is 32.6 Å². The topological polar surface area (TPSA) is 40.2 Å². The fourth-order valence-corrected chi connectivity index (χ4v) is 1.25. The van der Waals surface area contributed by atoms with Gasteiger partial charge in [0.1, 0.15) is 0 Å². The Bertz CT molecular complexity index is 279. The molecule has 0 fully saturated rings. The molecule has 1 aromatic heterocycles. The lowest BCUT2D eigenvalue weighted by Crippen LogP contribution is -2.24. The van der Waals surface area contributed by atoms with E-state index < -0.39 is 0 Å². The summed E-state index contributed by atoms with van der Waals surface area (Å²) in [5, 5.41) is 0. The molecule has 0 radical (unpaired) electrons. The quantitative estimate of drug-likeness (QED) is 0.779. The number of nitrogens with zero attached hydrogens (tertiary/aromatic N) is 1. The molecule has 1 rings (SSSR count). The highest BCUT2D eigenvalue weighted by molar-refractivity contribution is 5.09. The van der Waals surface area contributed by atoms with Gasteiger partial charge in [-0.25, -0.2) is 0 Å². The van der Waals surface area contributed by atoms with Gasteiger partial charge in [0.05, 0.1) is 5.60 Å². The molecule has 0 saturated heterocycles. The molecule has 0 bridgehead atoms. The molecule has 1 heterocycles. The third-order valence-electron chi connectivity index (χ3n) is 2.57. The standard InChI is InChI=1S/C11H20N2O/c1-11(2,14-3)5-7-13-6-4-10(8-12)9-13/h4,6,9H,5,7-8,12H2,1-3H3. The number of rotatable bonds is 5. The van der Waals surface area contributed by atoms with Gasteiger partial charge in [-0.15, -0.1) is 0 Å². The van der Waals surface area contributed by atoms with Crippen LogP contribution in [0.2, 0.25) is 0 Å². The maximum atomic E-state index is 5.53. The Balaban J connectivity index is 2.45. The lowest BCUT2D eigenvalue weighted by atomic mass is 10.1. The van der Waals surface area contributed by atoms with Crippen molar-refractivity contribution >= 4 is 0 Å². The Kier molecular flexibility index (Phi) is 3.72. The zero-order chi connectivity index (χ0) is 10.6. The summed E-state index contributed by atoms with van der Waals surface area (Å²) < 4.78 is 7.51. The van der Waals surface area contributed by atoms with Crippen molar-refractivity contribution < 1.29 is 4.74 Å². The van der Waals surface area contributed by atoms with E-state index in [1.54, 1.807) is 7.11 Å². The van der Waals surface area contributed by atoms with Crippen LogP contribution in [0.3, 0.4) is 0 Å². The number of aryl methyl sites for hydroxylation is 1. The van der Waals surface area contributed by atoms with Crippen LogP contribution in [0.1, 0.15) is 25.8 Å². The van der Waals surface area contributed by atoms with Crippen molar-refractivity contribution in [3.63, 3.8) is 0 Å². The molecular weight excluding hydrogens is 176 g/mol. The second kappa shape index (κ2) is 4.62. The summed E-state index contributed by atoms with van der Waals surface area (Å²) in [5.41, 5.74) is 6.67. The van der Waals surface area contributed by atoms with Crippen molar-refractivity contribution in [1.82, 2.24) is 4.57 Å². The second-order valence-corrected chi connectivity index (χ2v) is 4.18. The maximum absolute atomic E-state index is 5.53. The summed E-state index contributed by atoms with van der Waals surface area (Å²) in [4.78, 5) is 0. The molecule has 0 spiro atoms. The van der Waals surface area contributed by atoms with E-state index in [0.29, 0.717) is 6.54 Å². The van der Waals surface area contributed by atoms with Crippen LogP contribution in [-0.2, 0) is 17.8 Å². The minimum Gasteiger partial charge on any atom is -0.379 e. The Morgan fingerprint density at radius 2 is 2.21 bits per heavy atom. The molecular formula is C11H20N2O. The molecule has 14 heavy (non-hydrogen) atoms. The van der Waals surface area contributed by atoms with Crippen molar-refractivity contribution in [3.8, 4) is 0 Å². The zero-order valence-electron chi connectivity index (χ0n) is 9.29. The van der Waals surface area contributed by atoms with Gasteiger partial charge in [-0.3, -0.25) is 0 Å². The van der Waals surface area contributed by atoms with Crippen LogP contribution in [0.5, 0.6) is 0 Å². The third-order valence-corrected chi connectivity index (χ3v) is 2.57. The van der Waals surface area contributed by atoms with E-state index in [4.69, 9.17) is 10.5 Å². The Labute approximate surface area is 85.9 Å². The third kappa shape index (κ3) is 3.16. The van der Waals surface area contributed by atoms with Crippen LogP contribution in [0.4, 0.5) is 0 Å². The summed E-state index contributed by atoms with van der Waals surface area (Å²) >= 11 is 0. The summed E-state index contributed by atoms with van der Waals surface area (Å²) in [6, 6.07) is 2.06. The van der Waals surface area contributed by atoms with Crippen molar-refractivity contribution in [2.24, 2.45) is 5.73 Å². The maximum Gasteiger partial charge on any atom is 0.0639 e. The normalized spacial score (nSPS) is 12.0. The van der Waals surface area contributed by atoms with Crippen molar-refractivity contribution in [2.75, 3.05) is 7.11 Å². The first kappa shape index (κ1) is 11.3. The number of ether oxygens (including phenoxy) is 1. The number of aromatic nitrogens is 1. The molecule has 3 heteroatoms. The van der Waals surface area contributed by atoms with Crippen LogP contribution >= 0.6 is 0 Å². The van der Waals surface area contributed by atoms with Crippen molar-refractivity contribution in [2.45, 2.75) is 39.0 Å². The molecule has 0 amide bonds. The SMILES string of the molecule is COC(C)(C)CCn1ccc(CN)c1. The minimum atomic E-state index is -0.0485. The summed E-state index contributed by atoms with van der Waals surface area (Å²) in [6.45, 7) is 5.78. The minimum absolute atomic E-state index is 0.0485. The Morgan fingerprint density at radius 1 is 1.50 bits per heavy atom. The van der Waals surface area contributed by atoms with Gasteiger partial charge in [0.2, 0.25) is 0 Å². The molecule has 0 unspecified atom stereocenters. The highest BCUT2D eigenvalue weighted by atomic mass is 16.5. The molecule has 1 aromatic rings. The zero-order valence-corrected chi connectivity index (χ0v) is 9.29. The first-order chi connectivity index (χ1) is 6.57. The number of hydrogen-bond acceptors (Lipinski definition) is 2. The van der Waals surface area contributed by atoms with Gasteiger partial charge < -0.3 is 15.0 Å². The molecule has 0 aromatic carbocycles. The van der Waals surface area contributed by atoms with Gasteiger partial charge >= 0.3 is 0 Å². The molecule has 0 aliphatic carbocycles. The predicted molar refractivity (Wildman–Crippen MR) is 58.0 cm³/mol. The summed E-state index contributed by atoms with van der Waals surface area (Å²) in [5.74, 6) is 0. The van der Waals surface area contributed by atoms with Crippen molar-refractivity contribution in [1.29, 1.82) is 0 Å². The molecule has 3 nitrogen and oxygen atoms in total. The average Bonchev–Trinajstić information content (AvgIpc) is 2.63. The summed E-state index contributed by atoms with van der Waals surface area (Å²) in [7, 11) is 1.75. The van der Waals surface area contributed by atoms with E-state index in [2.05, 4.69) is 36.9 Å². The van der Waals surface area contributed by atoms with E-state index in [1.807, 2.05) is 0 Å². The molecule has 0 aliphatic heterocycles. The smallest absolute Gasteiger partial charge is 0.0639 e. The van der Waals surface area contributed by atoms with Crippen LogP contribution in [0.15, 0.2) is 18.5 Å². The van der Waals surface area contributed by atoms with Gasteiger partial charge in [0.25, 0.3) is 0 Å². The lowest BCUT2D eigenvalue weighted by molar-refractivity contribution is 0.0120. The van der Waals surface area contributed by atoms with Crippen molar-refractivity contribution in [3.05, 3.63) is 24.0 Å². The Hall–Kier alpha value is -0.800. The number of nitrogens with two attached hydrogens (primary N) is 1. The molecule has 0 saturated carbocycles. The van der Waals surface area contributed by atoms with E-state index in [-0.39, 0.29) is 5.60 Å². The first-order valence-electron chi connectivity index (χ1n) is 4.97. The molecule has 80 valence electrons. The fourth-order valence-electron chi connectivity index (χ4n) is 1.25. The fraction of sp³-hybridized carbons (Fsp3) is 0.636. The summed E-state index contributed by atoms with van der Waals surface area (Å²) in [6.07, 6.45) is 5.15. The van der Waals surface area contributed by atoms with Crippen LogP contribution in [0.25, 0.3) is 0 Å². The highest BCUT2D eigenvalue weighted by Crippen LogP contribution is 2.14. The predicted octanol–water partition coefficient (Wildman–Crippen LogP) is 1.76. The average molecular weight is 196 g/mol. The van der Waals surface area contributed by atoms with Gasteiger partial charge in [-0.1, -0.05) is 0 Å². The number of hydrogen-bond donors (Lipinski definition) is 1. The van der Waals surface area contributed by atoms with E-state index >= 15 is 0 Å². The molecule has 0 aliphatic rings. The second-order valence-electron chi connectivity index (χ2n) is 4.18. The molecule has 2 N–H and O–H groups in total. The van der Waals surface area contributed by atoms with Gasteiger partial charge in [-0.05, 0) is 31.9 Å². The molecule has 0 atom stereocenters. The van der Waals surface area contributed by atoms with Crippen LogP contribution in [-0.4, -0.2) is 17.3 Å². The van der Waals surface area contributed by atoms with Gasteiger partial charge in [0.15, 0.2) is 0 Å². The van der Waals surface area contributed by atoms with Crippen LogP contribution in [0, 0.1) is 0 Å². The monoisotopic (exact) mass is 196 g/mol. The first-order valence-corrected chi connectivity index (χ1v) is 4.97. The number of methoxy groups -OCH3 is 1. The van der Waals surface area contributed by atoms with Crippen LogP contribution < -0.4 is 5.73 Å². The largest absolute Gasteiger partial charge is 0.379 e. The van der Waals surface area contributed by atoms with Gasteiger partial charge in [-0.2, -0.15) is 0 Å². The highest BCUT2D eigenvalue weighted by Gasteiger charge is 2.15. The van der Waals surface area contributed by atoms with E-state index in [1.165, 1.54) is 5.56 Å².